The number of hydrogen-bond donors (Lipinski definition) is 0. The fourth-order valence-electron chi connectivity index (χ4n) is 1.59. The Bertz CT molecular complexity index is 534. The van der Waals surface area contributed by atoms with Gasteiger partial charge in [0.25, 0.3) is 0 Å². The molecule has 0 unspecified atom stereocenters. The third-order valence-electron chi connectivity index (χ3n) is 2.42. The van der Waals surface area contributed by atoms with Gasteiger partial charge in [-0.1, -0.05) is 31.5 Å². The monoisotopic (exact) mass is 249 g/mol. The molecule has 0 aliphatic rings. The number of nitrogens with zero attached hydrogens (tertiary/aromatic N) is 3. The van der Waals surface area contributed by atoms with Crippen LogP contribution in [0.3, 0.4) is 0 Å². The molecule has 0 aliphatic heterocycles. The highest BCUT2D eigenvalue weighted by Crippen LogP contribution is 2.26. The van der Waals surface area contributed by atoms with Crippen molar-refractivity contribution in [3.63, 3.8) is 0 Å². The van der Waals surface area contributed by atoms with Gasteiger partial charge in [-0.05, 0) is 18.1 Å². The fraction of sp³-hybridized carbons (Fsp3) is 0.250. The van der Waals surface area contributed by atoms with Gasteiger partial charge in [0.1, 0.15) is 5.15 Å². The molecule has 0 amide bonds. The first-order valence-corrected chi connectivity index (χ1v) is 5.68. The zero-order valence-electron chi connectivity index (χ0n) is 9.59. The van der Waals surface area contributed by atoms with Crippen LogP contribution in [0, 0.1) is 0 Å². The van der Waals surface area contributed by atoms with E-state index in [0.717, 1.165) is 6.29 Å². The van der Waals surface area contributed by atoms with Gasteiger partial charge in [0.2, 0.25) is 0 Å². The summed E-state index contributed by atoms with van der Waals surface area (Å²) in [5.41, 5.74) is 1.13. The van der Waals surface area contributed by atoms with Crippen LogP contribution in [0.5, 0.6) is 0 Å². The van der Waals surface area contributed by atoms with Crippen molar-refractivity contribution in [2.45, 2.75) is 19.8 Å². The van der Waals surface area contributed by atoms with Crippen molar-refractivity contribution in [3.05, 3.63) is 40.8 Å². The predicted molar refractivity (Wildman–Crippen MR) is 65.8 cm³/mol. The van der Waals surface area contributed by atoms with E-state index < -0.39 is 0 Å². The lowest BCUT2D eigenvalue weighted by atomic mass is 10.1. The fourth-order valence-corrected chi connectivity index (χ4v) is 1.86. The van der Waals surface area contributed by atoms with Crippen molar-refractivity contribution in [2.75, 3.05) is 0 Å². The Hall–Kier alpha value is -1.68. The van der Waals surface area contributed by atoms with Gasteiger partial charge in [-0.3, -0.25) is 4.79 Å². The number of aromatic nitrogens is 3. The molecule has 4 nitrogen and oxygen atoms in total. The van der Waals surface area contributed by atoms with Crippen molar-refractivity contribution in [3.8, 4) is 5.82 Å². The maximum Gasteiger partial charge on any atom is 0.155 e. The first-order valence-electron chi connectivity index (χ1n) is 5.30. The van der Waals surface area contributed by atoms with Gasteiger partial charge in [-0.15, -0.1) is 0 Å². The molecule has 17 heavy (non-hydrogen) atoms. The number of carbonyl (C=O) groups is 1. The second-order valence-electron chi connectivity index (χ2n) is 3.96. The first kappa shape index (κ1) is 11.8. The van der Waals surface area contributed by atoms with Crippen molar-refractivity contribution in [1.82, 2.24) is 14.8 Å². The number of halogens is 1. The van der Waals surface area contributed by atoms with Crippen molar-refractivity contribution >= 4 is 17.9 Å². The van der Waals surface area contributed by atoms with Gasteiger partial charge >= 0.3 is 0 Å². The van der Waals surface area contributed by atoms with Crippen LogP contribution in [-0.4, -0.2) is 21.1 Å². The largest absolute Gasteiger partial charge is 0.298 e. The molecule has 2 aromatic rings. The summed E-state index contributed by atoms with van der Waals surface area (Å²) < 4.78 is 1.49. The van der Waals surface area contributed by atoms with E-state index in [1.54, 1.807) is 12.3 Å². The molecule has 5 heteroatoms. The lowest BCUT2D eigenvalue weighted by molar-refractivity contribution is 0.112. The summed E-state index contributed by atoms with van der Waals surface area (Å²) in [6.45, 7) is 3.93. The molecule has 2 aromatic heterocycles. The number of rotatable bonds is 3. The number of carbonyl (C=O) groups excluding carboxylic acids is 1. The molecule has 0 fully saturated rings. The maximum absolute atomic E-state index is 11.0. The molecule has 0 spiro atoms. The van der Waals surface area contributed by atoms with Crippen LogP contribution in [0.1, 0.15) is 35.8 Å². The average molecular weight is 250 g/mol. The zero-order valence-corrected chi connectivity index (χ0v) is 10.3. The summed E-state index contributed by atoms with van der Waals surface area (Å²) in [5, 5.41) is 4.65. The third-order valence-corrected chi connectivity index (χ3v) is 2.79. The predicted octanol–water partition coefficient (Wildman–Crippen LogP) is 2.86. The van der Waals surface area contributed by atoms with Crippen molar-refractivity contribution < 1.29 is 4.79 Å². The van der Waals surface area contributed by atoms with E-state index in [1.165, 1.54) is 4.68 Å². The maximum atomic E-state index is 11.0. The van der Waals surface area contributed by atoms with Crippen LogP contribution < -0.4 is 0 Å². The summed E-state index contributed by atoms with van der Waals surface area (Å²) in [6.07, 6.45) is 2.40. The minimum Gasteiger partial charge on any atom is -0.298 e. The Kier molecular flexibility index (Phi) is 3.24. The Morgan fingerprint density at radius 1 is 1.41 bits per heavy atom. The zero-order chi connectivity index (χ0) is 12.4. The third kappa shape index (κ3) is 2.08. The van der Waals surface area contributed by atoms with E-state index in [4.69, 9.17) is 11.6 Å². The quantitative estimate of drug-likeness (QED) is 0.786. The molecule has 0 bridgehead atoms. The summed E-state index contributed by atoms with van der Waals surface area (Å²) in [5.74, 6) is 0.741. The second-order valence-corrected chi connectivity index (χ2v) is 4.32. The summed E-state index contributed by atoms with van der Waals surface area (Å²) in [4.78, 5) is 15.2. The lowest BCUT2D eigenvalue weighted by Gasteiger charge is -2.01. The first-order chi connectivity index (χ1) is 8.15. The molecule has 0 N–H and O–H groups in total. The number of hydrogen-bond acceptors (Lipinski definition) is 3. The smallest absolute Gasteiger partial charge is 0.155 e. The summed E-state index contributed by atoms with van der Waals surface area (Å²) in [7, 11) is 0. The molecule has 0 saturated heterocycles. The van der Waals surface area contributed by atoms with Crippen molar-refractivity contribution in [2.24, 2.45) is 0 Å². The molecule has 0 saturated carbocycles. The molecule has 0 aliphatic carbocycles. The SMILES string of the molecule is CC(C)c1nn(-c2ccccn2)c(Cl)c1C=O. The van der Waals surface area contributed by atoms with Gasteiger partial charge in [0.05, 0.1) is 11.3 Å². The van der Waals surface area contributed by atoms with Gasteiger partial charge in [-0.25, -0.2) is 9.67 Å². The Morgan fingerprint density at radius 2 is 2.18 bits per heavy atom. The van der Waals surface area contributed by atoms with E-state index in [-0.39, 0.29) is 5.92 Å². The van der Waals surface area contributed by atoms with Crippen LogP contribution in [0.2, 0.25) is 5.15 Å². The van der Waals surface area contributed by atoms with E-state index in [1.807, 2.05) is 26.0 Å². The van der Waals surface area contributed by atoms with E-state index >= 15 is 0 Å². The normalized spacial score (nSPS) is 10.8. The van der Waals surface area contributed by atoms with Crippen LogP contribution in [0.15, 0.2) is 24.4 Å². The number of aldehydes is 1. The van der Waals surface area contributed by atoms with Crippen LogP contribution in [-0.2, 0) is 0 Å². The Balaban J connectivity index is 2.61. The highest BCUT2D eigenvalue weighted by molar-refractivity contribution is 6.32. The van der Waals surface area contributed by atoms with Gasteiger partial charge in [0.15, 0.2) is 12.1 Å². The molecular formula is C12H12ClN3O. The molecular weight excluding hydrogens is 238 g/mol. The Morgan fingerprint density at radius 3 is 2.65 bits per heavy atom. The standard InChI is InChI=1S/C12H12ClN3O/c1-8(2)11-9(7-17)12(13)16(15-11)10-5-3-4-6-14-10/h3-8H,1-2H3. The van der Waals surface area contributed by atoms with Gasteiger partial charge < -0.3 is 0 Å². The van der Waals surface area contributed by atoms with E-state index in [9.17, 15) is 4.79 Å². The molecule has 0 radical (unpaired) electrons. The molecule has 0 aromatic carbocycles. The highest BCUT2D eigenvalue weighted by Gasteiger charge is 2.19. The minimum absolute atomic E-state index is 0.137. The lowest BCUT2D eigenvalue weighted by Crippen LogP contribution is -2.00. The molecule has 2 rings (SSSR count). The minimum atomic E-state index is 0.137. The van der Waals surface area contributed by atoms with Crippen LogP contribution >= 0.6 is 11.6 Å². The van der Waals surface area contributed by atoms with E-state index in [0.29, 0.717) is 22.2 Å². The molecule has 2 heterocycles. The second kappa shape index (κ2) is 4.67. The van der Waals surface area contributed by atoms with E-state index in [2.05, 4.69) is 10.1 Å². The van der Waals surface area contributed by atoms with Crippen LogP contribution in [0.4, 0.5) is 0 Å². The molecule has 88 valence electrons. The number of pyridine rings is 1. The van der Waals surface area contributed by atoms with Crippen LogP contribution in [0.25, 0.3) is 5.82 Å². The van der Waals surface area contributed by atoms with Gasteiger partial charge in [-0.2, -0.15) is 5.10 Å². The Labute approximate surface area is 104 Å². The van der Waals surface area contributed by atoms with Gasteiger partial charge in [0, 0.05) is 6.20 Å². The summed E-state index contributed by atoms with van der Waals surface area (Å²) >= 11 is 6.14. The highest BCUT2D eigenvalue weighted by atomic mass is 35.5. The summed E-state index contributed by atoms with van der Waals surface area (Å²) in [6, 6.07) is 5.44. The molecule has 0 atom stereocenters. The average Bonchev–Trinajstić information content (AvgIpc) is 2.67. The topological polar surface area (TPSA) is 47.8 Å². The van der Waals surface area contributed by atoms with Crippen molar-refractivity contribution in [1.29, 1.82) is 0 Å².